The minimum absolute atomic E-state index is 0.0949. The lowest BCUT2D eigenvalue weighted by molar-refractivity contribution is -0.136. The highest BCUT2D eigenvalue weighted by molar-refractivity contribution is 7.14. The number of aromatic nitrogens is 1. The topological polar surface area (TPSA) is 101 Å². The number of benzene rings is 1. The molecule has 1 atom stereocenters. The lowest BCUT2D eigenvalue weighted by Gasteiger charge is -2.34. The van der Waals surface area contributed by atoms with Gasteiger partial charge in [0.25, 0.3) is 11.8 Å². The summed E-state index contributed by atoms with van der Waals surface area (Å²) < 4.78 is 10.4. The molecule has 1 aliphatic heterocycles. The number of piperidine rings is 1. The summed E-state index contributed by atoms with van der Waals surface area (Å²) in [6, 6.07) is 4.87. The molecule has 178 valence electrons. The Morgan fingerprint density at radius 1 is 1.15 bits per heavy atom. The van der Waals surface area contributed by atoms with E-state index in [2.05, 4.69) is 10.3 Å². The molecule has 2 aromatic rings. The van der Waals surface area contributed by atoms with Crippen LogP contribution >= 0.6 is 11.3 Å². The van der Waals surface area contributed by atoms with Gasteiger partial charge in [-0.25, -0.2) is 4.98 Å². The predicted octanol–water partition coefficient (Wildman–Crippen LogP) is 3.13. The fourth-order valence-corrected chi connectivity index (χ4v) is 4.54. The van der Waals surface area contributed by atoms with Gasteiger partial charge in [-0.05, 0) is 38.8 Å². The number of thiazole rings is 1. The van der Waals surface area contributed by atoms with Gasteiger partial charge in [0.2, 0.25) is 5.91 Å². The Labute approximate surface area is 197 Å². The van der Waals surface area contributed by atoms with Crippen molar-refractivity contribution in [3.05, 3.63) is 34.8 Å². The zero-order chi connectivity index (χ0) is 24.0. The predicted molar refractivity (Wildman–Crippen MR) is 126 cm³/mol. The number of nitrogens with one attached hydrogen (secondary N) is 1. The van der Waals surface area contributed by atoms with E-state index in [0.717, 1.165) is 12.8 Å². The minimum Gasteiger partial charge on any atom is -0.497 e. The number of methoxy groups -OCH3 is 2. The van der Waals surface area contributed by atoms with E-state index in [0.29, 0.717) is 48.4 Å². The van der Waals surface area contributed by atoms with Crippen LogP contribution in [0.25, 0.3) is 0 Å². The molecule has 1 fully saturated rings. The molecule has 1 saturated heterocycles. The Kier molecular flexibility index (Phi) is 8.26. The van der Waals surface area contributed by atoms with Gasteiger partial charge in [0.15, 0.2) is 5.13 Å². The number of amides is 3. The lowest BCUT2D eigenvalue weighted by atomic mass is 9.96. The summed E-state index contributed by atoms with van der Waals surface area (Å²) in [5, 5.41) is 4.66. The first-order valence-electron chi connectivity index (χ1n) is 11.0. The highest BCUT2D eigenvalue weighted by atomic mass is 32.1. The number of carbonyl (C=O) groups is 3. The molecule has 1 aromatic heterocycles. The normalized spacial score (nSPS) is 15.6. The van der Waals surface area contributed by atoms with Gasteiger partial charge in [-0.3, -0.25) is 19.7 Å². The maximum Gasteiger partial charge on any atom is 0.273 e. The van der Waals surface area contributed by atoms with Crippen molar-refractivity contribution >= 4 is 34.2 Å². The minimum atomic E-state index is -0.386. The van der Waals surface area contributed by atoms with Crippen LogP contribution in [0.3, 0.4) is 0 Å². The Hall–Kier alpha value is -3.14. The van der Waals surface area contributed by atoms with Crippen LogP contribution in [0.1, 0.15) is 47.5 Å². The molecule has 0 radical (unpaired) electrons. The third-order valence-corrected chi connectivity index (χ3v) is 6.45. The molecule has 2 heterocycles. The highest BCUT2D eigenvalue weighted by Crippen LogP contribution is 2.25. The maximum absolute atomic E-state index is 13.0. The second kappa shape index (κ2) is 11.1. The van der Waals surface area contributed by atoms with Crippen LogP contribution in [0.2, 0.25) is 0 Å². The largest absolute Gasteiger partial charge is 0.497 e. The number of likely N-dealkylation sites (tertiary alicyclic amines) is 1. The number of carbonyl (C=O) groups excluding carboxylic acids is 3. The van der Waals surface area contributed by atoms with Crippen molar-refractivity contribution in [3.63, 3.8) is 0 Å². The molecule has 1 aromatic carbocycles. The van der Waals surface area contributed by atoms with Crippen LogP contribution in [0, 0.1) is 5.92 Å². The first-order chi connectivity index (χ1) is 15.9. The van der Waals surface area contributed by atoms with Crippen molar-refractivity contribution in [2.24, 2.45) is 5.92 Å². The van der Waals surface area contributed by atoms with Gasteiger partial charge in [0.1, 0.15) is 17.2 Å². The molecule has 33 heavy (non-hydrogen) atoms. The van der Waals surface area contributed by atoms with Gasteiger partial charge in [-0.1, -0.05) is 0 Å². The molecular formula is C23H30N4O5S. The van der Waals surface area contributed by atoms with Crippen molar-refractivity contribution in [1.29, 1.82) is 0 Å². The van der Waals surface area contributed by atoms with E-state index in [4.69, 9.17) is 9.47 Å². The third-order valence-electron chi connectivity index (χ3n) is 5.69. The Morgan fingerprint density at radius 3 is 2.42 bits per heavy atom. The van der Waals surface area contributed by atoms with E-state index < -0.39 is 0 Å². The zero-order valence-corrected chi connectivity index (χ0v) is 20.2. The second-order valence-electron chi connectivity index (χ2n) is 7.69. The van der Waals surface area contributed by atoms with Crippen molar-refractivity contribution in [2.75, 3.05) is 45.7 Å². The Balaban J connectivity index is 1.67. The summed E-state index contributed by atoms with van der Waals surface area (Å²) in [6.45, 7) is 6.21. The SMILES string of the molecule is CCN(CC)C(=O)[C@H]1CCCN(C(=O)c2csc(NC(=O)c3cc(OC)cc(OC)c3)n2)C1. The molecule has 3 amide bonds. The smallest absolute Gasteiger partial charge is 0.273 e. The van der Waals surface area contributed by atoms with E-state index in [-0.39, 0.29) is 29.3 Å². The van der Waals surface area contributed by atoms with Crippen molar-refractivity contribution < 1.29 is 23.9 Å². The van der Waals surface area contributed by atoms with E-state index in [1.807, 2.05) is 18.7 Å². The summed E-state index contributed by atoms with van der Waals surface area (Å²) in [6.07, 6.45) is 1.55. The van der Waals surface area contributed by atoms with Crippen LogP contribution in [0.15, 0.2) is 23.6 Å². The first-order valence-corrected chi connectivity index (χ1v) is 11.9. The van der Waals surface area contributed by atoms with Gasteiger partial charge in [0.05, 0.1) is 20.1 Å². The van der Waals surface area contributed by atoms with Gasteiger partial charge in [0, 0.05) is 43.2 Å². The van der Waals surface area contributed by atoms with Crippen LogP contribution in [-0.2, 0) is 4.79 Å². The summed E-state index contributed by atoms with van der Waals surface area (Å²) >= 11 is 1.18. The van der Waals surface area contributed by atoms with Gasteiger partial charge >= 0.3 is 0 Å². The number of nitrogens with zero attached hydrogens (tertiary/aromatic N) is 3. The highest BCUT2D eigenvalue weighted by Gasteiger charge is 2.31. The lowest BCUT2D eigenvalue weighted by Crippen LogP contribution is -2.46. The van der Waals surface area contributed by atoms with Crippen LogP contribution in [0.4, 0.5) is 5.13 Å². The quantitative estimate of drug-likeness (QED) is 0.631. The van der Waals surface area contributed by atoms with Crippen LogP contribution < -0.4 is 14.8 Å². The van der Waals surface area contributed by atoms with Crippen LogP contribution in [0.5, 0.6) is 11.5 Å². The van der Waals surface area contributed by atoms with E-state index in [9.17, 15) is 14.4 Å². The van der Waals surface area contributed by atoms with Gasteiger partial charge in [-0.15, -0.1) is 11.3 Å². The van der Waals surface area contributed by atoms with Gasteiger partial charge < -0.3 is 19.3 Å². The fourth-order valence-electron chi connectivity index (χ4n) is 3.86. The fraction of sp³-hybridized carbons (Fsp3) is 0.478. The van der Waals surface area contributed by atoms with Gasteiger partial charge in [-0.2, -0.15) is 0 Å². The van der Waals surface area contributed by atoms with Crippen molar-refractivity contribution in [3.8, 4) is 11.5 Å². The Bertz CT molecular complexity index is 982. The number of ether oxygens (including phenoxy) is 2. The molecular weight excluding hydrogens is 444 g/mol. The molecule has 10 heteroatoms. The summed E-state index contributed by atoms with van der Waals surface area (Å²) in [7, 11) is 3.02. The molecule has 0 saturated carbocycles. The molecule has 1 N–H and O–H groups in total. The van der Waals surface area contributed by atoms with Crippen molar-refractivity contribution in [1.82, 2.24) is 14.8 Å². The molecule has 9 nitrogen and oxygen atoms in total. The number of hydrogen-bond acceptors (Lipinski definition) is 7. The average molecular weight is 475 g/mol. The molecule has 1 aliphatic rings. The zero-order valence-electron chi connectivity index (χ0n) is 19.4. The third kappa shape index (κ3) is 5.81. The standard InChI is InChI=1S/C23H30N4O5S/c1-5-26(6-2)21(29)15-8-7-9-27(13-15)22(30)19-14-33-23(24-19)25-20(28)16-10-17(31-3)12-18(11-16)32-4/h10-12,14-15H,5-9,13H2,1-4H3,(H,24,25,28)/t15-/m0/s1. The molecule has 0 unspecified atom stereocenters. The molecule has 0 spiro atoms. The van der Waals surface area contributed by atoms with Crippen molar-refractivity contribution in [2.45, 2.75) is 26.7 Å². The van der Waals surface area contributed by atoms with E-state index in [1.54, 1.807) is 28.5 Å². The van der Waals surface area contributed by atoms with E-state index in [1.165, 1.54) is 25.6 Å². The maximum atomic E-state index is 13.0. The summed E-state index contributed by atoms with van der Waals surface area (Å²) in [4.78, 5) is 46.2. The monoisotopic (exact) mass is 474 g/mol. The average Bonchev–Trinajstić information content (AvgIpc) is 3.32. The molecule has 0 bridgehead atoms. The molecule has 0 aliphatic carbocycles. The number of anilines is 1. The summed E-state index contributed by atoms with van der Waals surface area (Å²) in [5.74, 6) is 0.276. The first kappa shape index (κ1) is 24.5. The van der Waals surface area contributed by atoms with E-state index >= 15 is 0 Å². The number of hydrogen-bond donors (Lipinski definition) is 1. The number of rotatable bonds is 8. The molecule has 3 rings (SSSR count). The Morgan fingerprint density at radius 2 is 1.82 bits per heavy atom. The van der Waals surface area contributed by atoms with Crippen LogP contribution in [-0.4, -0.2) is 72.9 Å². The second-order valence-corrected chi connectivity index (χ2v) is 8.55. The summed E-state index contributed by atoms with van der Waals surface area (Å²) in [5.41, 5.74) is 0.609.